The van der Waals surface area contributed by atoms with E-state index in [1.165, 1.54) is 33.4 Å². The van der Waals surface area contributed by atoms with Crippen molar-refractivity contribution < 1.29 is 26.7 Å². The molecule has 0 saturated heterocycles. The first-order valence-corrected chi connectivity index (χ1v) is 13.9. The Bertz CT molecular complexity index is 1510. The Hall–Kier alpha value is -3.46. The summed E-state index contributed by atoms with van der Waals surface area (Å²) in [6, 6.07) is 24.6. The van der Waals surface area contributed by atoms with E-state index in [4.69, 9.17) is 9.84 Å². The Balaban J connectivity index is 0.000000623. The number of para-hydroxylation sites is 1. The summed E-state index contributed by atoms with van der Waals surface area (Å²) in [6.45, 7) is 14.3. The Morgan fingerprint density at radius 2 is 1.44 bits per heavy atom. The number of fused-ring (bicyclic) bond motifs is 5. The number of ether oxygens (including phenoxy) is 1. The van der Waals surface area contributed by atoms with Crippen LogP contribution in [-0.4, -0.2) is 23.0 Å². The smallest absolute Gasteiger partial charge is 0.418 e. The van der Waals surface area contributed by atoms with Crippen molar-refractivity contribution in [2.24, 2.45) is 0 Å². The molecule has 1 aliphatic heterocycles. The molecule has 41 heavy (non-hydrogen) atoms. The topological polar surface area (TPSA) is 30.9 Å². The molecule has 2 atom stereocenters. The van der Waals surface area contributed by atoms with Crippen LogP contribution in [-0.2, 0) is 28.6 Å². The fraction of sp³-hybridized carbons (Fsp3) is 0.375. The van der Waals surface area contributed by atoms with E-state index >= 15 is 0 Å². The van der Waals surface area contributed by atoms with Crippen molar-refractivity contribution in [3.63, 3.8) is 0 Å². The second-order valence-electron chi connectivity index (χ2n) is 12.9. The molecule has 6 rings (SSSR count). The monoisotopic (exact) mass is 565 g/mol. The van der Waals surface area contributed by atoms with Gasteiger partial charge in [0.1, 0.15) is 12.7 Å². The van der Waals surface area contributed by atoms with E-state index in [2.05, 4.69) is 113 Å². The van der Waals surface area contributed by atoms with Gasteiger partial charge >= 0.3 is 7.25 Å². The van der Waals surface area contributed by atoms with Gasteiger partial charge in [0, 0.05) is 12.0 Å². The van der Waals surface area contributed by atoms with E-state index in [-0.39, 0.29) is 23.0 Å². The van der Waals surface area contributed by atoms with Crippen LogP contribution in [0.4, 0.5) is 17.3 Å². The molecule has 0 amide bonds. The van der Waals surface area contributed by atoms with Crippen LogP contribution in [0.3, 0.4) is 0 Å². The molecule has 0 fully saturated rings. The highest BCUT2D eigenvalue weighted by atomic mass is 19.5. The van der Waals surface area contributed by atoms with Gasteiger partial charge in [0.2, 0.25) is 0 Å². The lowest BCUT2D eigenvalue weighted by atomic mass is 9.79. The molecular weight excluding hydrogens is 529 g/mol. The van der Waals surface area contributed by atoms with Gasteiger partial charge in [-0.05, 0) is 61.9 Å². The van der Waals surface area contributed by atoms with Gasteiger partial charge in [0.25, 0.3) is 12.2 Å². The maximum absolute atomic E-state index is 9.75. The first kappa shape index (κ1) is 29.1. The fourth-order valence-corrected chi connectivity index (χ4v) is 5.51. The van der Waals surface area contributed by atoms with Gasteiger partial charge in [-0.3, -0.25) is 0 Å². The first-order valence-electron chi connectivity index (χ1n) is 13.9. The third-order valence-electron chi connectivity index (χ3n) is 7.74. The fourth-order valence-electron chi connectivity index (χ4n) is 5.51. The average molecular weight is 565 g/mol. The quantitative estimate of drug-likeness (QED) is 0.141. The summed E-state index contributed by atoms with van der Waals surface area (Å²) >= 11 is 0. The highest BCUT2D eigenvalue weighted by Gasteiger charge is 2.44. The number of benzene rings is 3. The molecule has 2 heterocycles. The minimum atomic E-state index is -6.00. The summed E-state index contributed by atoms with van der Waals surface area (Å²) in [5, 5.41) is 4.87. The van der Waals surface area contributed by atoms with Gasteiger partial charge in [-0.2, -0.15) is 0 Å². The third-order valence-corrected chi connectivity index (χ3v) is 7.74. The van der Waals surface area contributed by atoms with Crippen molar-refractivity contribution in [1.29, 1.82) is 0 Å². The average Bonchev–Trinajstić information content (AvgIpc) is 3.48. The second kappa shape index (κ2) is 10.4. The van der Waals surface area contributed by atoms with Crippen molar-refractivity contribution >= 4 is 7.25 Å². The lowest BCUT2D eigenvalue weighted by molar-refractivity contribution is -0.657. The molecular formula is C32H36BF4N3O. The van der Waals surface area contributed by atoms with E-state index in [0.29, 0.717) is 6.61 Å². The van der Waals surface area contributed by atoms with Crippen molar-refractivity contribution in [1.82, 2.24) is 9.67 Å². The first-order chi connectivity index (χ1) is 19.1. The van der Waals surface area contributed by atoms with E-state index in [1.807, 2.05) is 10.7 Å². The molecule has 2 aliphatic rings. The maximum Gasteiger partial charge on any atom is 0.673 e. The molecule has 0 bridgehead atoms. The minimum absolute atomic E-state index is 0.0891. The largest absolute Gasteiger partial charge is 0.673 e. The predicted octanol–water partition coefficient (Wildman–Crippen LogP) is 7.77. The standard InChI is InChI=1S/C32H36N3O.BF4/c1-31(2,3)24-14-23(15-25(18-24)32(4,5)6)21-12-13-22-17-28-30(27(22)16-21)34-20-35(33-29(34)19-36-28)26-10-8-7-9-11-26;2-1(3,4)5/h7-16,18,20,28,30H,17,19H2,1-6H3;/q+1;-1/t28-,30+;/m1./s1. The molecule has 4 aromatic rings. The van der Waals surface area contributed by atoms with Crippen LogP contribution in [0.5, 0.6) is 0 Å². The van der Waals surface area contributed by atoms with Crippen LogP contribution in [0.2, 0.25) is 0 Å². The number of rotatable bonds is 2. The normalized spacial score (nSPS) is 18.2. The summed E-state index contributed by atoms with van der Waals surface area (Å²) in [4.78, 5) is 0. The number of aromatic nitrogens is 3. The number of nitrogens with zero attached hydrogens (tertiary/aromatic N) is 3. The van der Waals surface area contributed by atoms with Gasteiger partial charge in [0.05, 0.1) is 0 Å². The molecule has 0 saturated carbocycles. The molecule has 0 radical (unpaired) electrons. The summed E-state index contributed by atoms with van der Waals surface area (Å²) in [6.07, 6.45) is 3.23. The van der Waals surface area contributed by atoms with E-state index in [0.717, 1.165) is 17.9 Å². The van der Waals surface area contributed by atoms with Crippen LogP contribution in [0, 0.1) is 0 Å². The molecule has 1 aromatic heterocycles. The van der Waals surface area contributed by atoms with Crippen LogP contribution in [0.25, 0.3) is 16.8 Å². The van der Waals surface area contributed by atoms with Crippen molar-refractivity contribution in [2.45, 2.75) is 77.5 Å². The highest BCUT2D eigenvalue weighted by Crippen LogP contribution is 2.42. The molecule has 216 valence electrons. The van der Waals surface area contributed by atoms with Crippen molar-refractivity contribution in [3.8, 4) is 16.8 Å². The van der Waals surface area contributed by atoms with E-state index < -0.39 is 7.25 Å². The van der Waals surface area contributed by atoms with Gasteiger partial charge < -0.3 is 22.0 Å². The molecule has 0 spiro atoms. The molecule has 0 unspecified atom stereocenters. The van der Waals surface area contributed by atoms with Crippen LogP contribution in [0.15, 0.2) is 73.1 Å². The van der Waals surface area contributed by atoms with Gasteiger partial charge in [-0.25, -0.2) is 4.57 Å². The summed E-state index contributed by atoms with van der Waals surface area (Å²) in [7, 11) is -6.00. The molecule has 1 aliphatic carbocycles. The Morgan fingerprint density at radius 3 is 2.02 bits per heavy atom. The van der Waals surface area contributed by atoms with Gasteiger partial charge in [-0.15, -0.1) is 4.68 Å². The van der Waals surface area contributed by atoms with Crippen LogP contribution < -0.4 is 4.68 Å². The maximum atomic E-state index is 9.75. The summed E-state index contributed by atoms with van der Waals surface area (Å²) in [5.41, 5.74) is 9.30. The number of hydrogen-bond acceptors (Lipinski definition) is 2. The SMILES string of the molecule is CC(C)(C)c1cc(-c2ccc3c(c2)[C@H]2[C@@H](C3)OCc3n[n+](-c4ccccc4)cn32)cc(C(C)(C)C)c1.F[B-](F)(F)F. The Kier molecular flexibility index (Phi) is 7.39. The Labute approximate surface area is 239 Å². The van der Waals surface area contributed by atoms with E-state index in [1.54, 1.807) is 0 Å². The number of halogens is 4. The van der Waals surface area contributed by atoms with Gasteiger partial charge in [-0.1, -0.05) is 90.1 Å². The second-order valence-corrected chi connectivity index (χ2v) is 12.9. The molecule has 3 aromatic carbocycles. The minimum Gasteiger partial charge on any atom is -0.418 e. The lowest BCUT2D eigenvalue weighted by Gasteiger charge is -2.26. The van der Waals surface area contributed by atoms with Gasteiger partial charge in [0.15, 0.2) is 11.7 Å². The predicted molar refractivity (Wildman–Crippen MR) is 154 cm³/mol. The molecule has 9 heteroatoms. The third kappa shape index (κ3) is 6.40. The van der Waals surface area contributed by atoms with Crippen molar-refractivity contribution in [2.75, 3.05) is 0 Å². The highest BCUT2D eigenvalue weighted by molar-refractivity contribution is 6.50. The lowest BCUT2D eigenvalue weighted by Crippen LogP contribution is -2.32. The summed E-state index contributed by atoms with van der Waals surface area (Å²) in [5.74, 6) is 0.975. The van der Waals surface area contributed by atoms with Crippen LogP contribution in [0.1, 0.15) is 75.7 Å². The van der Waals surface area contributed by atoms with Crippen molar-refractivity contribution in [3.05, 3.63) is 101 Å². The zero-order valence-electron chi connectivity index (χ0n) is 24.3. The zero-order valence-corrected chi connectivity index (χ0v) is 24.3. The van der Waals surface area contributed by atoms with E-state index in [9.17, 15) is 17.3 Å². The zero-order chi connectivity index (χ0) is 29.7. The molecule has 0 N–H and O–H groups in total. The van der Waals surface area contributed by atoms with Crippen LogP contribution >= 0.6 is 0 Å². The number of hydrogen-bond donors (Lipinski definition) is 0. The molecule has 4 nitrogen and oxygen atoms in total. The Morgan fingerprint density at radius 1 is 0.829 bits per heavy atom. The summed E-state index contributed by atoms with van der Waals surface area (Å²) < 4.78 is 49.7.